The summed E-state index contributed by atoms with van der Waals surface area (Å²) in [5.41, 5.74) is 1.72. The van der Waals surface area contributed by atoms with E-state index in [0.717, 1.165) is 26.4 Å². The molecule has 22 heavy (non-hydrogen) atoms. The second-order valence-electron chi connectivity index (χ2n) is 4.83. The number of fused-ring (bicyclic) bond motifs is 1. The van der Waals surface area contributed by atoms with Crippen LogP contribution in [-0.2, 0) is 0 Å². The Labute approximate surface area is 135 Å². The molecule has 106 valence electrons. The van der Waals surface area contributed by atoms with Crippen molar-refractivity contribution in [3.63, 3.8) is 0 Å². The number of nitrogens with zero attached hydrogens (tertiary/aromatic N) is 3. The van der Waals surface area contributed by atoms with E-state index in [1.54, 1.807) is 12.4 Å². The van der Waals surface area contributed by atoms with E-state index in [1.807, 2.05) is 30.3 Å². The summed E-state index contributed by atoms with van der Waals surface area (Å²) in [6.07, 6.45) is 3.41. The highest BCUT2D eigenvalue weighted by molar-refractivity contribution is 9.10. The minimum atomic E-state index is 0.455. The van der Waals surface area contributed by atoms with Crippen LogP contribution in [0.5, 0.6) is 0 Å². The Morgan fingerprint density at radius 1 is 0.864 bits per heavy atom. The van der Waals surface area contributed by atoms with E-state index in [1.165, 1.54) is 0 Å². The summed E-state index contributed by atoms with van der Waals surface area (Å²) >= 11 is 3.39. The average Bonchev–Trinajstić information content (AvgIpc) is 3.04. The van der Waals surface area contributed by atoms with Gasteiger partial charge in [-0.15, -0.1) is 10.2 Å². The monoisotopic (exact) mass is 351 g/mol. The summed E-state index contributed by atoms with van der Waals surface area (Å²) in [5, 5.41) is 10.5. The molecular weight excluding hydrogens is 342 g/mol. The molecule has 0 aliphatic rings. The van der Waals surface area contributed by atoms with E-state index in [9.17, 15) is 0 Å². The first kappa shape index (κ1) is 13.2. The Morgan fingerprint density at radius 3 is 2.59 bits per heavy atom. The van der Waals surface area contributed by atoms with Crippen LogP contribution in [0.3, 0.4) is 0 Å². The third-order valence-corrected chi connectivity index (χ3v) is 3.83. The summed E-state index contributed by atoms with van der Waals surface area (Å²) < 4.78 is 6.71. The Hall–Kier alpha value is -2.53. The maximum atomic E-state index is 5.84. The van der Waals surface area contributed by atoms with Gasteiger partial charge in [-0.3, -0.25) is 4.98 Å². The molecule has 0 bridgehead atoms. The SMILES string of the molecule is Brc1cncc(-c2nnc(-c3cccc4ccccc34)o2)c1. The molecule has 5 heteroatoms. The van der Waals surface area contributed by atoms with Crippen LogP contribution in [0, 0.1) is 0 Å². The normalized spacial score (nSPS) is 11.0. The summed E-state index contributed by atoms with van der Waals surface area (Å²) in [4.78, 5) is 4.12. The van der Waals surface area contributed by atoms with Crippen molar-refractivity contribution in [2.24, 2.45) is 0 Å². The molecule has 0 atom stereocenters. The summed E-state index contributed by atoms with van der Waals surface area (Å²) in [7, 11) is 0. The quantitative estimate of drug-likeness (QED) is 0.524. The van der Waals surface area contributed by atoms with E-state index in [-0.39, 0.29) is 0 Å². The molecule has 2 aromatic carbocycles. The van der Waals surface area contributed by atoms with Crippen LogP contribution in [0.1, 0.15) is 0 Å². The van der Waals surface area contributed by atoms with E-state index >= 15 is 0 Å². The van der Waals surface area contributed by atoms with Crippen molar-refractivity contribution in [2.45, 2.75) is 0 Å². The average molecular weight is 352 g/mol. The smallest absolute Gasteiger partial charge is 0.249 e. The van der Waals surface area contributed by atoms with Crippen LogP contribution in [-0.4, -0.2) is 15.2 Å². The fraction of sp³-hybridized carbons (Fsp3) is 0. The highest BCUT2D eigenvalue weighted by Gasteiger charge is 2.13. The van der Waals surface area contributed by atoms with Gasteiger partial charge in [0.1, 0.15) is 0 Å². The van der Waals surface area contributed by atoms with Gasteiger partial charge in [0.15, 0.2) is 0 Å². The van der Waals surface area contributed by atoms with Gasteiger partial charge in [-0.05, 0) is 38.8 Å². The summed E-state index contributed by atoms with van der Waals surface area (Å²) in [6.45, 7) is 0. The van der Waals surface area contributed by atoms with Gasteiger partial charge < -0.3 is 4.42 Å². The van der Waals surface area contributed by atoms with E-state index in [0.29, 0.717) is 11.8 Å². The lowest BCUT2D eigenvalue weighted by Gasteiger charge is -2.01. The number of aromatic nitrogens is 3. The van der Waals surface area contributed by atoms with Crippen LogP contribution in [0.4, 0.5) is 0 Å². The first-order valence-corrected chi connectivity index (χ1v) is 7.53. The molecule has 2 heterocycles. The topological polar surface area (TPSA) is 51.8 Å². The van der Waals surface area contributed by atoms with Crippen molar-refractivity contribution in [1.82, 2.24) is 15.2 Å². The molecule has 2 aromatic heterocycles. The highest BCUT2D eigenvalue weighted by atomic mass is 79.9. The molecule has 0 unspecified atom stereocenters. The molecule has 4 aromatic rings. The molecule has 0 N–H and O–H groups in total. The fourth-order valence-electron chi connectivity index (χ4n) is 2.39. The Balaban J connectivity index is 1.84. The summed E-state index contributed by atoms with van der Waals surface area (Å²) in [6, 6.07) is 16.1. The summed E-state index contributed by atoms with van der Waals surface area (Å²) in [5.74, 6) is 0.962. The molecule has 0 spiro atoms. The van der Waals surface area contributed by atoms with Crippen LogP contribution in [0.2, 0.25) is 0 Å². The maximum Gasteiger partial charge on any atom is 0.249 e. The van der Waals surface area contributed by atoms with Crippen molar-refractivity contribution in [1.29, 1.82) is 0 Å². The van der Waals surface area contributed by atoms with Gasteiger partial charge in [0.05, 0.1) is 5.56 Å². The molecule has 0 aliphatic heterocycles. The van der Waals surface area contributed by atoms with Crippen LogP contribution < -0.4 is 0 Å². The first-order valence-electron chi connectivity index (χ1n) is 6.74. The molecule has 4 rings (SSSR count). The van der Waals surface area contributed by atoms with Gasteiger partial charge in [-0.25, -0.2) is 0 Å². The Bertz CT molecular complexity index is 959. The lowest BCUT2D eigenvalue weighted by Crippen LogP contribution is -1.81. The maximum absolute atomic E-state index is 5.84. The number of hydrogen-bond donors (Lipinski definition) is 0. The minimum Gasteiger partial charge on any atom is -0.416 e. The first-order chi connectivity index (χ1) is 10.8. The van der Waals surface area contributed by atoms with E-state index in [2.05, 4.69) is 49.3 Å². The lowest BCUT2D eigenvalue weighted by molar-refractivity contribution is 0.585. The zero-order valence-corrected chi connectivity index (χ0v) is 13.0. The second-order valence-corrected chi connectivity index (χ2v) is 5.75. The fourth-order valence-corrected chi connectivity index (χ4v) is 2.75. The Morgan fingerprint density at radius 2 is 1.68 bits per heavy atom. The third-order valence-electron chi connectivity index (χ3n) is 3.40. The molecule has 4 nitrogen and oxygen atoms in total. The second kappa shape index (κ2) is 5.35. The van der Waals surface area contributed by atoms with E-state index in [4.69, 9.17) is 4.42 Å². The zero-order valence-electron chi connectivity index (χ0n) is 11.4. The predicted octanol–water partition coefficient (Wildman–Crippen LogP) is 4.71. The third kappa shape index (κ3) is 2.29. The number of benzene rings is 2. The van der Waals surface area contributed by atoms with Crippen molar-refractivity contribution < 1.29 is 4.42 Å². The number of rotatable bonds is 2. The molecule has 0 radical (unpaired) electrons. The number of halogens is 1. The zero-order chi connectivity index (χ0) is 14.9. The molecule has 0 saturated carbocycles. The molecular formula is C17H10BrN3O. The number of pyridine rings is 1. The van der Waals surface area contributed by atoms with Gasteiger partial charge in [0, 0.05) is 22.4 Å². The predicted molar refractivity (Wildman–Crippen MR) is 88.2 cm³/mol. The Kier molecular flexibility index (Phi) is 3.20. The molecule has 0 saturated heterocycles. The molecule has 0 fully saturated rings. The molecule has 0 aliphatic carbocycles. The van der Waals surface area contributed by atoms with Crippen molar-refractivity contribution in [3.8, 4) is 22.9 Å². The standard InChI is InChI=1S/C17H10BrN3O/c18-13-8-12(9-19-10-13)16-20-21-17(22-16)15-7-3-5-11-4-1-2-6-14(11)15/h1-10H. The van der Waals surface area contributed by atoms with Crippen molar-refractivity contribution >= 4 is 26.7 Å². The van der Waals surface area contributed by atoms with Gasteiger partial charge in [-0.2, -0.15) is 0 Å². The highest BCUT2D eigenvalue weighted by Crippen LogP contribution is 2.30. The van der Waals surface area contributed by atoms with Crippen molar-refractivity contribution in [3.05, 3.63) is 65.4 Å². The van der Waals surface area contributed by atoms with Crippen LogP contribution >= 0.6 is 15.9 Å². The van der Waals surface area contributed by atoms with Crippen molar-refractivity contribution in [2.75, 3.05) is 0 Å². The van der Waals surface area contributed by atoms with Gasteiger partial charge in [-0.1, -0.05) is 36.4 Å². The van der Waals surface area contributed by atoms with E-state index < -0.39 is 0 Å². The van der Waals surface area contributed by atoms with Crippen LogP contribution in [0.15, 0.2) is 69.8 Å². The number of hydrogen-bond acceptors (Lipinski definition) is 4. The molecule has 0 amide bonds. The van der Waals surface area contributed by atoms with Crippen LogP contribution in [0.25, 0.3) is 33.7 Å². The van der Waals surface area contributed by atoms with Gasteiger partial charge in [0.2, 0.25) is 11.8 Å². The minimum absolute atomic E-state index is 0.455. The van der Waals surface area contributed by atoms with Gasteiger partial charge >= 0.3 is 0 Å². The van der Waals surface area contributed by atoms with Gasteiger partial charge in [0.25, 0.3) is 0 Å². The lowest BCUT2D eigenvalue weighted by atomic mass is 10.0. The largest absolute Gasteiger partial charge is 0.416 e.